The van der Waals surface area contributed by atoms with Crippen LogP contribution in [-0.4, -0.2) is 0 Å². The van der Waals surface area contributed by atoms with Crippen molar-refractivity contribution in [2.24, 2.45) is 0 Å². The number of hydrogen-bond acceptors (Lipinski definition) is 2. The molecule has 0 unspecified atom stereocenters. The molecule has 2 heteroatoms. The minimum atomic E-state index is 1.09. The molecule has 0 bridgehead atoms. The van der Waals surface area contributed by atoms with Crippen molar-refractivity contribution in [1.29, 1.82) is 0 Å². The van der Waals surface area contributed by atoms with Gasteiger partial charge < -0.3 is 4.90 Å². The van der Waals surface area contributed by atoms with Gasteiger partial charge in [0.2, 0.25) is 0 Å². The van der Waals surface area contributed by atoms with E-state index in [0.717, 1.165) is 22.6 Å². The fraction of sp³-hybridized carbons (Fsp3) is 0. The van der Waals surface area contributed by atoms with Crippen LogP contribution in [0.25, 0.3) is 86.6 Å². The number of para-hydroxylation sites is 1. The quantitative estimate of drug-likeness (QED) is 0.148. The average Bonchev–Trinajstić information content (AvgIpc) is 3.70. The van der Waals surface area contributed by atoms with E-state index in [9.17, 15) is 0 Å². The molecule has 0 saturated carbocycles. The summed E-state index contributed by atoms with van der Waals surface area (Å²) < 4.78 is 2.64. The topological polar surface area (TPSA) is 3.24 Å². The number of thiophene rings is 1. The van der Waals surface area contributed by atoms with Crippen LogP contribution in [-0.2, 0) is 0 Å². The molecule has 0 aliphatic heterocycles. The zero-order valence-electron chi connectivity index (χ0n) is 32.9. The molecule has 60 heavy (non-hydrogen) atoms. The molecule has 0 aliphatic carbocycles. The molecule has 1 aromatic heterocycles. The standard InChI is InChI=1S/C58H39NS/c1-2-15-43(16-3-1)49-18-6-7-19-50(49)51-20-8-9-21-52(51)53-22-10-12-24-56(53)59(47-33-28-41(29-34-47)45-27-26-40-14-4-5-17-44(40)38-45)48-35-30-42(31-36-48)46-32-37-58-55(39-46)54-23-11-13-25-57(54)60-58/h1-39H. The highest BCUT2D eigenvalue weighted by Gasteiger charge is 2.20. The number of rotatable bonds is 8. The monoisotopic (exact) mass is 781 g/mol. The zero-order chi connectivity index (χ0) is 39.8. The van der Waals surface area contributed by atoms with Crippen LogP contribution < -0.4 is 4.90 Å². The molecule has 10 aromatic carbocycles. The maximum atomic E-state index is 2.42. The first-order valence-electron chi connectivity index (χ1n) is 20.5. The summed E-state index contributed by atoms with van der Waals surface area (Å²) in [6, 6.07) is 86.2. The highest BCUT2D eigenvalue weighted by atomic mass is 32.1. The molecule has 0 aliphatic rings. The highest BCUT2D eigenvalue weighted by molar-refractivity contribution is 7.25. The molecular formula is C58H39NS. The lowest BCUT2D eigenvalue weighted by molar-refractivity contribution is 1.28. The summed E-state index contributed by atoms with van der Waals surface area (Å²) in [5.41, 5.74) is 15.3. The van der Waals surface area contributed by atoms with Gasteiger partial charge in [-0.05, 0) is 115 Å². The fourth-order valence-corrected chi connectivity index (χ4v) is 9.83. The fourth-order valence-electron chi connectivity index (χ4n) is 8.74. The van der Waals surface area contributed by atoms with Crippen molar-refractivity contribution in [1.82, 2.24) is 0 Å². The summed E-state index contributed by atoms with van der Waals surface area (Å²) in [6.07, 6.45) is 0. The Kier molecular flexibility index (Phi) is 9.11. The van der Waals surface area contributed by atoms with Gasteiger partial charge in [-0.1, -0.05) is 182 Å². The predicted molar refractivity (Wildman–Crippen MR) is 259 cm³/mol. The van der Waals surface area contributed by atoms with Crippen LogP contribution in [0, 0.1) is 0 Å². The second kappa shape index (κ2) is 15.3. The second-order valence-corrected chi connectivity index (χ2v) is 16.4. The first-order chi connectivity index (χ1) is 29.7. The average molecular weight is 782 g/mol. The van der Waals surface area contributed by atoms with Crippen molar-refractivity contribution in [3.05, 3.63) is 237 Å². The molecule has 0 saturated heterocycles. The Morgan fingerprint density at radius 1 is 0.267 bits per heavy atom. The van der Waals surface area contributed by atoms with E-state index in [1.54, 1.807) is 0 Å². The van der Waals surface area contributed by atoms with E-state index in [-0.39, 0.29) is 0 Å². The summed E-state index contributed by atoms with van der Waals surface area (Å²) in [7, 11) is 0. The van der Waals surface area contributed by atoms with Crippen LogP contribution >= 0.6 is 11.3 Å². The minimum Gasteiger partial charge on any atom is -0.310 e. The van der Waals surface area contributed by atoms with Crippen molar-refractivity contribution >= 4 is 59.3 Å². The summed E-state index contributed by atoms with van der Waals surface area (Å²) in [5, 5.41) is 5.12. The number of fused-ring (bicyclic) bond motifs is 4. The molecule has 0 N–H and O–H groups in total. The SMILES string of the molecule is c1ccc(-c2ccccc2-c2ccccc2-c2ccccc2N(c2ccc(-c3ccc4ccccc4c3)cc2)c2ccc(-c3ccc4sc5ccccc5c4c3)cc2)cc1. The molecule has 282 valence electrons. The lowest BCUT2D eigenvalue weighted by Crippen LogP contribution is -2.11. The lowest BCUT2D eigenvalue weighted by Gasteiger charge is -2.29. The Balaban J connectivity index is 1.04. The van der Waals surface area contributed by atoms with Crippen LogP contribution in [0.15, 0.2) is 237 Å². The second-order valence-electron chi connectivity index (χ2n) is 15.3. The van der Waals surface area contributed by atoms with Crippen LogP contribution in [0.5, 0.6) is 0 Å². The first-order valence-corrected chi connectivity index (χ1v) is 21.3. The third-order valence-electron chi connectivity index (χ3n) is 11.7. The molecule has 11 rings (SSSR count). The van der Waals surface area contributed by atoms with Gasteiger partial charge in [-0.2, -0.15) is 0 Å². The van der Waals surface area contributed by atoms with E-state index in [0.29, 0.717) is 0 Å². The number of benzene rings is 10. The largest absolute Gasteiger partial charge is 0.310 e. The highest BCUT2D eigenvalue weighted by Crippen LogP contribution is 2.46. The number of hydrogen-bond donors (Lipinski definition) is 0. The Labute approximate surface area is 354 Å². The summed E-state index contributed by atoms with van der Waals surface area (Å²) in [4.78, 5) is 2.42. The molecule has 11 aromatic rings. The van der Waals surface area contributed by atoms with Crippen molar-refractivity contribution in [3.8, 4) is 55.6 Å². The van der Waals surface area contributed by atoms with Gasteiger partial charge in [-0.3, -0.25) is 0 Å². The Morgan fingerprint density at radius 3 is 1.47 bits per heavy atom. The van der Waals surface area contributed by atoms with Gasteiger partial charge in [0.1, 0.15) is 0 Å². The van der Waals surface area contributed by atoms with Crippen molar-refractivity contribution in [2.75, 3.05) is 4.90 Å². The molecular weight excluding hydrogens is 743 g/mol. The van der Waals surface area contributed by atoms with Crippen LogP contribution in [0.2, 0.25) is 0 Å². The van der Waals surface area contributed by atoms with E-state index >= 15 is 0 Å². The summed E-state index contributed by atoms with van der Waals surface area (Å²) >= 11 is 1.86. The third-order valence-corrected chi connectivity index (χ3v) is 12.9. The predicted octanol–water partition coefficient (Wildman–Crippen LogP) is 17.0. The lowest BCUT2D eigenvalue weighted by atomic mass is 9.88. The van der Waals surface area contributed by atoms with Gasteiger partial charge in [0.25, 0.3) is 0 Å². The molecule has 0 amide bonds. The van der Waals surface area contributed by atoms with Gasteiger partial charge in [0, 0.05) is 37.1 Å². The molecule has 0 radical (unpaired) electrons. The van der Waals surface area contributed by atoms with E-state index in [1.807, 2.05) is 11.3 Å². The molecule has 0 atom stereocenters. The first kappa shape index (κ1) is 35.6. The summed E-state index contributed by atoms with van der Waals surface area (Å²) in [6.45, 7) is 0. The maximum absolute atomic E-state index is 2.42. The van der Waals surface area contributed by atoms with Crippen LogP contribution in [0.4, 0.5) is 17.1 Å². The van der Waals surface area contributed by atoms with Gasteiger partial charge in [0.05, 0.1) is 5.69 Å². The maximum Gasteiger partial charge on any atom is 0.0540 e. The van der Waals surface area contributed by atoms with E-state index < -0.39 is 0 Å². The molecule has 0 fully saturated rings. The molecule has 1 heterocycles. The Hall–Kier alpha value is -7.52. The Morgan fingerprint density at radius 2 is 0.750 bits per heavy atom. The van der Waals surface area contributed by atoms with E-state index in [4.69, 9.17) is 0 Å². The van der Waals surface area contributed by atoms with Crippen molar-refractivity contribution < 1.29 is 0 Å². The van der Waals surface area contributed by atoms with Crippen molar-refractivity contribution in [2.45, 2.75) is 0 Å². The zero-order valence-corrected chi connectivity index (χ0v) is 33.7. The van der Waals surface area contributed by atoms with Crippen molar-refractivity contribution in [3.63, 3.8) is 0 Å². The molecule has 0 spiro atoms. The van der Waals surface area contributed by atoms with Gasteiger partial charge in [-0.25, -0.2) is 0 Å². The third kappa shape index (κ3) is 6.54. The summed E-state index contributed by atoms with van der Waals surface area (Å²) in [5.74, 6) is 0. The van der Waals surface area contributed by atoms with E-state index in [1.165, 1.54) is 81.0 Å². The van der Waals surface area contributed by atoms with Gasteiger partial charge in [-0.15, -0.1) is 11.3 Å². The van der Waals surface area contributed by atoms with Crippen LogP contribution in [0.3, 0.4) is 0 Å². The Bertz CT molecular complexity index is 3310. The van der Waals surface area contributed by atoms with Gasteiger partial charge in [0.15, 0.2) is 0 Å². The number of anilines is 3. The smallest absolute Gasteiger partial charge is 0.0540 e. The van der Waals surface area contributed by atoms with Crippen LogP contribution in [0.1, 0.15) is 0 Å². The van der Waals surface area contributed by atoms with E-state index in [2.05, 4.69) is 241 Å². The normalized spacial score (nSPS) is 11.3. The minimum absolute atomic E-state index is 1.09. The van der Waals surface area contributed by atoms with Gasteiger partial charge >= 0.3 is 0 Å². The molecule has 1 nitrogen and oxygen atoms in total. The number of nitrogens with zero attached hydrogens (tertiary/aromatic N) is 1.